The minimum Gasteiger partial charge on any atom is -0.477 e. The maximum atomic E-state index is 10.9. The zero-order valence-electron chi connectivity index (χ0n) is 10.9. The highest BCUT2D eigenvalue weighted by Crippen LogP contribution is 2.29. The third kappa shape index (κ3) is 2.97. The fraction of sp³-hybridized carbons (Fsp3) is 0.615. The second-order valence-corrected chi connectivity index (χ2v) is 5.01. The first kappa shape index (κ1) is 12.8. The van der Waals surface area contributed by atoms with E-state index in [2.05, 4.69) is 9.97 Å². The molecule has 1 N–H and O–H groups in total. The van der Waals surface area contributed by atoms with Crippen molar-refractivity contribution in [1.29, 1.82) is 0 Å². The van der Waals surface area contributed by atoms with Crippen molar-refractivity contribution in [2.75, 3.05) is 18.5 Å². The number of hydrogen-bond acceptors (Lipinski definition) is 4. The number of carbonyl (C=O) groups is 1. The van der Waals surface area contributed by atoms with E-state index in [0.29, 0.717) is 11.6 Å². The van der Waals surface area contributed by atoms with Crippen LogP contribution in [0.5, 0.6) is 0 Å². The molecule has 5 nitrogen and oxygen atoms in total. The summed E-state index contributed by atoms with van der Waals surface area (Å²) in [6, 6.07) is 1.49. The van der Waals surface area contributed by atoms with Crippen LogP contribution in [0.3, 0.4) is 0 Å². The highest BCUT2D eigenvalue weighted by molar-refractivity contribution is 5.85. The fourth-order valence-corrected chi connectivity index (χ4v) is 2.09. The van der Waals surface area contributed by atoms with Crippen LogP contribution in [-0.4, -0.2) is 34.6 Å². The summed E-state index contributed by atoms with van der Waals surface area (Å²) in [5, 5.41) is 8.97. The van der Waals surface area contributed by atoms with E-state index in [1.54, 1.807) is 6.92 Å². The predicted molar refractivity (Wildman–Crippen MR) is 69.0 cm³/mol. The van der Waals surface area contributed by atoms with Gasteiger partial charge in [-0.25, -0.2) is 14.8 Å². The summed E-state index contributed by atoms with van der Waals surface area (Å²) in [5.41, 5.74) is 0.751. The summed E-state index contributed by atoms with van der Waals surface area (Å²) in [4.78, 5) is 21.2. The number of rotatable bonds is 5. The topological polar surface area (TPSA) is 66.3 Å². The molecule has 1 aliphatic carbocycles. The maximum absolute atomic E-state index is 10.9. The van der Waals surface area contributed by atoms with Crippen LogP contribution < -0.4 is 4.90 Å². The molecule has 0 aliphatic heterocycles. The number of nitrogens with zero attached hydrogens (tertiary/aromatic N) is 3. The Morgan fingerprint density at radius 1 is 1.50 bits per heavy atom. The van der Waals surface area contributed by atoms with Gasteiger partial charge in [0.05, 0.1) is 0 Å². The van der Waals surface area contributed by atoms with Crippen LogP contribution >= 0.6 is 0 Å². The molecule has 0 radical (unpaired) electrons. The zero-order valence-corrected chi connectivity index (χ0v) is 10.9. The summed E-state index contributed by atoms with van der Waals surface area (Å²) < 4.78 is 0. The van der Waals surface area contributed by atoms with Gasteiger partial charge in [-0.15, -0.1) is 0 Å². The van der Waals surface area contributed by atoms with Crippen LogP contribution in [0.1, 0.15) is 41.9 Å². The lowest BCUT2D eigenvalue weighted by atomic mass is 9.83. The van der Waals surface area contributed by atoms with E-state index < -0.39 is 5.97 Å². The van der Waals surface area contributed by atoms with Crippen molar-refractivity contribution in [2.45, 2.75) is 32.6 Å². The van der Waals surface area contributed by atoms with Gasteiger partial charge in [-0.1, -0.05) is 19.3 Å². The number of hydrogen-bond donors (Lipinski definition) is 1. The quantitative estimate of drug-likeness (QED) is 0.865. The van der Waals surface area contributed by atoms with E-state index in [1.807, 2.05) is 11.9 Å². The van der Waals surface area contributed by atoms with E-state index >= 15 is 0 Å². The summed E-state index contributed by atoms with van der Waals surface area (Å²) in [5.74, 6) is 0.331. The Kier molecular flexibility index (Phi) is 3.79. The lowest BCUT2D eigenvalue weighted by Crippen LogP contribution is -2.26. The molecule has 0 amide bonds. The molecule has 0 bridgehead atoms. The summed E-state index contributed by atoms with van der Waals surface area (Å²) in [7, 11) is 1.92. The van der Waals surface area contributed by atoms with Crippen molar-refractivity contribution >= 4 is 11.9 Å². The van der Waals surface area contributed by atoms with Gasteiger partial charge in [0.1, 0.15) is 0 Å². The minimum absolute atomic E-state index is 0.0630. The van der Waals surface area contributed by atoms with E-state index in [9.17, 15) is 4.79 Å². The Morgan fingerprint density at radius 3 is 2.78 bits per heavy atom. The van der Waals surface area contributed by atoms with Crippen molar-refractivity contribution in [3.8, 4) is 0 Å². The first-order valence-electron chi connectivity index (χ1n) is 6.36. The summed E-state index contributed by atoms with van der Waals surface area (Å²) in [6.45, 7) is 2.67. The Labute approximate surface area is 107 Å². The molecule has 98 valence electrons. The molecule has 5 heteroatoms. The van der Waals surface area contributed by atoms with Crippen LogP contribution in [0.15, 0.2) is 6.07 Å². The molecule has 0 saturated heterocycles. The molecule has 0 unspecified atom stereocenters. The van der Waals surface area contributed by atoms with Crippen LogP contribution in [0.2, 0.25) is 0 Å². The number of carboxylic acid groups (broad SMARTS) is 1. The Bertz CT molecular complexity index is 444. The van der Waals surface area contributed by atoms with Crippen LogP contribution in [0, 0.1) is 12.8 Å². The Morgan fingerprint density at radius 2 is 2.22 bits per heavy atom. The SMILES string of the molecule is Cc1cc(C(=O)O)nc(N(C)CCC2CCC2)n1. The standard InChI is InChI=1S/C13H19N3O2/c1-9-8-11(12(17)18)15-13(14-9)16(2)7-6-10-4-3-5-10/h8,10H,3-7H2,1-2H3,(H,17,18). The third-order valence-corrected chi connectivity index (χ3v) is 3.50. The van der Waals surface area contributed by atoms with Gasteiger partial charge in [0.15, 0.2) is 5.69 Å². The molecule has 1 aliphatic rings. The zero-order chi connectivity index (χ0) is 13.1. The van der Waals surface area contributed by atoms with Crippen molar-refractivity contribution < 1.29 is 9.90 Å². The average Bonchev–Trinajstić information content (AvgIpc) is 2.25. The largest absolute Gasteiger partial charge is 0.477 e. The number of anilines is 1. The molecule has 18 heavy (non-hydrogen) atoms. The number of aromatic carboxylic acids is 1. The summed E-state index contributed by atoms with van der Waals surface area (Å²) in [6.07, 6.45) is 5.13. The van der Waals surface area contributed by atoms with Gasteiger partial charge in [0, 0.05) is 19.3 Å². The average molecular weight is 249 g/mol. The maximum Gasteiger partial charge on any atom is 0.354 e. The predicted octanol–water partition coefficient (Wildman–Crippen LogP) is 2.11. The summed E-state index contributed by atoms with van der Waals surface area (Å²) >= 11 is 0. The van der Waals surface area contributed by atoms with Gasteiger partial charge in [-0.3, -0.25) is 0 Å². The lowest BCUT2D eigenvalue weighted by Gasteiger charge is -2.27. The smallest absolute Gasteiger partial charge is 0.354 e. The monoisotopic (exact) mass is 249 g/mol. The van der Waals surface area contributed by atoms with Crippen LogP contribution in [0.25, 0.3) is 0 Å². The number of carboxylic acids is 1. The Balaban J connectivity index is 2.03. The minimum atomic E-state index is -1.01. The second kappa shape index (κ2) is 5.33. The lowest BCUT2D eigenvalue weighted by molar-refractivity contribution is 0.0690. The first-order chi connectivity index (χ1) is 8.56. The second-order valence-electron chi connectivity index (χ2n) is 5.01. The first-order valence-corrected chi connectivity index (χ1v) is 6.36. The van der Waals surface area contributed by atoms with Crippen LogP contribution in [0.4, 0.5) is 5.95 Å². The molecule has 1 fully saturated rings. The molecule has 0 atom stereocenters. The molecular weight excluding hydrogens is 230 g/mol. The van der Waals surface area contributed by atoms with Gasteiger partial charge in [0.2, 0.25) is 5.95 Å². The van der Waals surface area contributed by atoms with Gasteiger partial charge in [0.25, 0.3) is 0 Å². The van der Waals surface area contributed by atoms with Gasteiger partial charge in [-0.2, -0.15) is 0 Å². The van der Waals surface area contributed by atoms with E-state index in [1.165, 1.54) is 25.3 Å². The molecule has 0 spiro atoms. The van der Waals surface area contributed by atoms with Crippen molar-refractivity contribution in [3.63, 3.8) is 0 Å². The normalized spacial score (nSPS) is 15.2. The number of aromatic nitrogens is 2. The van der Waals surface area contributed by atoms with Crippen molar-refractivity contribution in [3.05, 3.63) is 17.5 Å². The number of aryl methyl sites for hydroxylation is 1. The Hall–Kier alpha value is -1.65. The molecule has 2 rings (SSSR count). The highest BCUT2D eigenvalue weighted by atomic mass is 16.4. The van der Waals surface area contributed by atoms with Gasteiger partial charge in [-0.05, 0) is 25.3 Å². The molecule has 1 aromatic rings. The highest BCUT2D eigenvalue weighted by Gasteiger charge is 2.18. The third-order valence-electron chi connectivity index (χ3n) is 3.50. The van der Waals surface area contributed by atoms with Gasteiger partial charge >= 0.3 is 5.97 Å². The fourth-order valence-electron chi connectivity index (χ4n) is 2.09. The molecule has 0 aromatic carbocycles. The molecule has 1 saturated carbocycles. The van der Waals surface area contributed by atoms with E-state index in [0.717, 1.165) is 18.9 Å². The molecular formula is C13H19N3O2. The van der Waals surface area contributed by atoms with Crippen molar-refractivity contribution in [1.82, 2.24) is 9.97 Å². The van der Waals surface area contributed by atoms with Crippen molar-refractivity contribution in [2.24, 2.45) is 5.92 Å². The van der Waals surface area contributed by atoms with E-state index in [4.69, 9.17) is 5.11 Å². The molecule has 1 aromatic heterocycles. The van der Waals surface area contributed by atoms with Gasteiger partial charge < -0.3 is 10.0 Å². The van der Waals surface area contributed by atoms with Crippen LogP contribution in [-0.2, 0) is 0 Å². The molecule has 1 heterocycles. The van der Waals surface area contributed by atoms with E-state index in [-0.39, 0.29) is 5.69 Å².